The van der Waals surface area contributed by atoms with Crippen molar-refractivity contribution in [3.05, 3.63) is 60.0 Å². The molecule has 0 saturated heterocycles. The minimum absolute atomic E-state index is 0.0463. The molecule has 0 bridgehead atoms. The summed E-state index contributed by atoms with van der Waals surface area (Å²) in [5.74, 6) is 1.12. The van der Waals surface area contributed by atoms with Gasteiger partial charge < -0.3 is 33.0 Å². The molecule has 0 radical (unpaired) electrons. The molecule has 2 aromatic rings. The zero-order valence-corrected chi connectivity index (χ0v) is 33.5. The summed E-state index contributed by atoms with van der Waals surface area (Å²) in [6, 6.07) is 14.6. The SMILES string of the molecule is CCN=c1ccc2c(-c3ccc(S(=O)(=O)NCCOCCOCCOCCOCCOCCS)cc3S(=O)(=O)O)c3ccc(N(CC)CC)cc3oc-2c1. The summed E-state index contributed by atoms with van der Waals surface area (Å²) >= 11 is 4.06. The van der Waals surface area contributed by atoms with Gasteiger partial charge in [-0.15, -0.1) is 0 Å². The van der Waals surface area contributed by atoms with Crippen LogP contribution in [0.2, 0.25) is 0 Å². The number of hydrogen-bond donors (Lipinski definition) is 3. The van der Waals surface area contributed by atoms with Crippen LogP contribution in [0.5, 0.6) is 0 Å². The predicted octanol–water partition coefficient (Wildman–Crippen LogP) is 4.51. The standard InChI is InChI=1S/C37H51N3O11S3/c1-4-38-28-7-10-31-34(25-28)51-35-26-29(40(5-2)6-3)8-11-32(35)37(31)33-12-9-30(27-36(33)54(43,44)45)53(41,42)39-13-14-46-15-16-47-17-18-48-19-20-49-21-22-50-23-24-52/h7-12,25-27,39,52H,4-6,13-24H2,1-3H3,(H,43,44,45). The summed E-state index contributed by atoms with van der Waals surface area (Å²) in [4.78, 5) is 5.73. The van der Waals surface area contributed by atoms with Crippen LogP contribution in [0.1, 0.15) is 20.8 Å². The number of hydrogen-bond acceptors (Lipinski definition) is 13. The predicted molar refractivity (Wildman–Crippen MR) is 211 cm³/mol. The lowest BCUT2D eigenvalue weighted by molar-refractivity contribution is -0.00962. The van der Waals surface area contributed by atoms with Gasteiger partial charge in [0.2, 0.25) is 10.0 Å². The highest BCUT2D eigenvalue weighted by Crippen LogP contribution is 2.43. The van der Waals surface area contributed by atoms with Gasteiger partial charge in [-0.05, 0) is 57.2 Å². The van der Waals surface area contributed by atoms with Crippen molar-refractivity contribution in [1.29, 1.82) is 0 Å². The fraction of sp³-hybridized carbons (Fsp3) is 0.486. The van der Waals surface area contributed by atoms with Gasteiger partial charge in [0.05, 0.1) is 76.3 Å². The Bertz CT molecular complexity index is 2040. The highest BCUT2D eigenvalue weighted by molar-refractivity contribution is 7.89. The molecule has 14 nitrogen and oxygen atoms in total. The number of rotatable bonds is 25. The van der Waals surface area contributed by atoms with Gasteiger partial charge >= 0.3 is 0 Å². The maximum atomic E-state index is 13.3. The summed E-state index contributed by atoms with van der Waals surface area (Å²) in [6.07, 6.45) is 0. The number of anilines is 1. The van der Waals surface area contributed by atoms with Gasteiger partial charge in [-0.2, -0.15) is 21.0 Å². The van der Waals surface area contributed by atoms with E-state index >= 15 is 0 Å². The molecule has 0 amide bonds. The Kier molecular flexibility index (Phi) is 17.7. The number of ether oxygens (including phenoxy) is 5. The molecule has 0 spiro atoms. The second-order valence-corrected chi connectivity index (χ2v) is 15.4. The quantitative estimate of drug-likeness (QED) is 0.0371. The molecule has 0 saturated carbocycles. The Labute approximate surface area is 323 Å². The smallest absolute Gasteiger partial charge is 0.295 e. The number of benzene rings is 3. The van der Waals surface area contributed by atoms with Gasteiger partial charge in [0.1, 0.15) is 16.2 Å². The Hall–Kier alpha value is -3.10. The van der Waals surface area contributed by atoms with E-state index in [0.29, 0.717) is 91.8 Å². The minimum atomic E-state index is -4.91. The van der Waals surface area contributed by atoms with Crippen molar-refractivity contribution < 1.29 is 49.5 Å². The van der Waals surface area contributed by atoms with Crippen molar-refractivity contribution in [2.24, 2.45) is 4.99 Å². The lowest BCUT2D eigenvalue weighted by Gasteiger charge is -2.23. The number of sulfonamides is 1. The lowest BCUT2D eigenvalue weighted by Crippen LogP contribution is -2.28. The van der Waals surface area contributed by atoms with Gasteiger partial charge in [0, 0.05) is 71.8 Å². The van der Waals surface area contributed by atoms with E-state index in [-0.39, 0.29) is 36.8 Å². The molecule has 0 aromatic heterocycles. The molecule has 17 heteroatoms. The van der Waals surface area contributed by atoms with Crippen LogP contribution in [0.4, 0.5) is 5.69 Å². The summed E-state index contributed by atoms with van der Waals surface area (Å²) in [6.45, 7) is 11.8. The second-order valence-electron chi connectivity index (χ2n) is 11.8. The number of thiol groups is 1. The molecular formula is C37H51N3O11S3. The van der Waals surface area contributed by atoms with Crippen molar-refractivity contribution in [3.8, 4) is 22.5 Å². The average Bonchev–Trinajstić information content (AvgIpc) is 3.15. The van der Waals surface area contributed by atoms with Crippen LogP contribution in [0.3, 0.4) is 0 Å². The van der Waals surface area contributed by atoms with Gasteiger partial charge in [0.25, 0.3) is 10.1 Å². The van der Waals surface area contributed by atoms with E-state index in [4.69, 9.17) is 28.1 Å². The maximum absolute atomic E-state index is 13.3. The maximum Gasteiger partial charge on any atom is 0.295 e. The third kappa shape index (κ3) is 12.5. The highest BCUT2D eigenvalue weighted by Gasteiger charge is 2.27. The third-order valence-electron chi connectivity index (χ3n) is 8.23. The molecule has 1 aliphatic heterocycles. The molecule has 4 rings (SSSR count). The van der Waals surface area contributed by atoms with E-state index in [1.165, 1.54) is 12.1 Å². The summed E-state index contributed by atoms with van der Waals surface area (Å²) < 4.78 is 98.6. The largest absolute Gasteiger partial charge is 0.456 e. The lowest BCUT2D eigenvalue weighted by atomic mass is 9.93. The first-order valence-electron chi connectivity index (χ1n) is 17.9. The Balaban J connectivity index is 1.42. The molecule has 2 N–H and O–H groups in total. The average molecular weight is 810 g/mol. The van der Waals surface area contributed by atoms with Crippen LogP contribution in [-0.4, -0.2) is 119 Å². The first-order valence-corrected chi connectivity index (χ1v) is 21.5. The van der Waals surface area contributed by atoms with Crippen LogP contribution in [-0.2, 0) is 43.8 Å². The normalized spacial score (nSPS) is 12.6. The molecule has 298 valence electrons. The summed E-state index contributed by atoms with van der Waals surface area (Å²) in [5, 5.41) is 1.26. The van der Waals surface area contributed by atoms with Gasteiger partial charge in [-0.25, -0.2) is 13.1 Å². The topological polar surface area (TPSA) is 175 Å². The molecule has 0 unspecified atom stereocenters. The molecule has 1 heterocycles. The first kappa shape index (κ1) is 43.6. The van der Waals surface area contributed by atoms with Crippen LogP contribution < -0.4 is 15.0 Å². The van der Waals surface area contributed by atoms with E-state index in [1.807, 2.05) is 39.0 Å². The molecule has 54 heavy (non-hydrogen) atoms. The van der Waals surface area contributed by atoms with Crippen molar-refractivity contribution in [2.75, 3.05) is 103 Å². The van der Waals surface area contributed by atoms with Crippen LogP contribution >= 0.6 is 12.6 Å². The molecule has 2 aliphatic rings. The second kappa shape index (κ2) is 21.8. The zero-order valence-electron chi connectivity index (χ0n) is 31.0. The molecule has 1 aliphatic carbocycles. The number of fused-ring (bicyclic) bond motifs is 2. The summed E-state index contributed by atoms with van der Waals surface area (Å²) in [5.41, 5.74) is 2.54. The molecular weight excluding hydrogens is 759 g/mol. The van der Waals surface area contributed by atoms with E-state index in [1.54, 1.807) is 18.2 Å². The number of nitrogens with one attached hydrogen (secondary N) is 1. The van der Waals surface area contributed by atoms with E-state index in [0.717, 1.165) is 24.8 Å². The number of nitrogens with zero attached hydrogens (tertiary/aromatic N) is 2. The van der Waals surface area contributed by atoms with Crippen LogP contribution in [0.25, 0.3) is 33.4 Å². The first-order chi connectivity index (χ1) is 26.0. The van der Waals surface area contributed by atoms with Crippen molar-refractivity contribution in [2.45, 2.75) is 30.6 Å². The van der Waals surface area contributed by atoms with E-state index in [2.05, 4.69) is 27.2 Å². The van der Waals surface area contributed by atoms with Crippen LogP contribution in [0.15, 0.2) is 73.8 Å². The van der Waals surface area contributed by atoms with Crippen molar-refractivity contribution >= 4 is 49.4 Å². The fourth-order valence-electron chi connectivity index (χ4n) is 5.69. The third-order valence-corrected chi connectivity index (χ3v) is 10.8. The monoisotopic (exact) mass is 809 g/mol. The Morgan fingerprint density at radius 3 is 1.91 bits per heavy atom. The Morgan fingerprint density at radius 1 is 0.741 bits per heavy atom. The van der Waals surface area contributed by atoms with Gasteiger partial charge in [-0.1, -0.05) is 6.07 Å². The van der Waals surface area contributed by atoms with E-state index in [9.17, 15) is 21.4 Å². The fourth-order valence-corrected chi connectivity index (χ4v) is 7.66. The van der Waals surface area contributed by atoms with Crippen LogP contribution in [0, 0.1) is 0 Å². The molecule has 0 atom stereocenters. The summed E-state index contributed by atoms with van der Waals surface area (Å²) in [7, 11) is -9.10. The van der Waals surface area contributed by atoms with Gasteiger partial charge in [-0.3, -0.25) is 9.55 Å². The molecule has 0 fully saturated rings. The van der Waals surface area contributed by atoms with E-state index < -0.39 is 25.0 Å². The zero-order chi connectivity index (χ0) is 39.0. The van der Waals surface area contributed by atoms with Gasteiger partial charge in [0.15, 0.2) is 0 Å². The molecule has 2 aromatic carbocycles. The van der Waals surface area contributed by atoms with Crippen molar-refractivity contribution in [1.82, 2.24) is 4.72 Å². The van der Waals surface area contributed by atoms with Crippen molar-refractivity contribution in [3.63, 3.8) is 0 Å². The Morgan fingerprint density at radius 2 is 1.33 bits per heavy atom. The minimum Gasteiger partial charge on any atom is -0.456 e. The highest BCUT2D eigenvalue weighted by atomic mass is 32.2.